The molecule has 1 unspecified atom stereocenters. The number of halogens is 1. The topological polar surface area (TPSA) is 52.5 Å². The summed E-state index contributed by atoms with van der Waals surface area (Å²) in [4.78, 5) is 0.812. The summed E-state index contributed by atoms with van der Waals surface area (Å²) in [7, 11) is 0. The van der Waals surface area contributed by atoms with E-state index in [1.165, 1.54) is 23.9 Å². The van der Waals surface area contributed by atoms with Gasteiger partial charge >= 0.3 is 0 Å². The highest BCUT2D eigenvalue weighted by atomic mass is 32.2. The first-order chi connectivity index (χ1) is 6.67. The summed E-state index contributed by atoms with van der Waals surface area (Å²) in [5.41, 5.74) is 0.185. The molecule has 0 aliphatic rings. The number of aliphatic hydroxyl groups excluding tert-OH is 2. The molecule has 0 bridgehead atoms. The van der Waals surface area contributed by atoms with Crippen molar-refractivity contribution in [3.05, 3.63) is 24.0 Å². The Bertz CT molecular complexity index is 309. The van der Waals surface area contributed by atoms with E-state index in [4.69, 9.17) is 10.2 Å². The predicted octanol–water partition coefficient (Wildman–Crippen LogP) is 1.27. The van der Waals surface area contributed by atoms with Gasteiger partial charge in [0.25, 0.3) is 0 Å². The standard InChI is InChI=1S/C9H12FNO2S/c1-14-6-2-3-8(7(10)4-6)11-9(13)5-12/h2-4,9,11-13H,5H2,1H3. The Morgan fingerprint density at radius 2 is 2.29 bits per heavy atom. The number of benzene rings is 1. The third-order valence-electron chi connectivity index (χ3n) is 1.67. The molecule has 0 aliphatic carbocycles. The van der Waals surface area contributed by atoms with Crippen molar-refractivity contribution >= 4 is 17.4 Å². The fourth-order valence-electron chi connectivity index (χ4n) is 0.965. The highest BCUT2D eigenvalue weighted by Gasteiger charge is 2.06. The van der Waals surface area contributed by atoms with Gasteiger partial charge in [0, 0.05) is 4.90 Å². The third-order valence-corrected chi connectivity index (χ3v) is 2.40. The van der Waals surface area contributed by atoms with Gasteiger partial charge in [0.05, 0.1) is 12.3 Å². The number of nitrogens with one attached hydrogen (secondary N) is 1. The third kappa shape index (κ3) is 2.87. The summed E-state index contributed by atoms with van der Waals surface area (Å²) in [6.07, 6.45) is 0.717. The van der Waals surface area contributed by atoms with Crippen LogP contribution in [0.3, 0.4) is 0 Å². The second-order valence-electron chi connectivity index (χ2n) is 2.69. The van der Waals surface area contributed by atoms with Gasteiger partial charge in [-0.3, -0.25) is 0 Å². The lowest BCUT2D eigenvalue weighted by Gasteiger charge is -2.12. The molecular formula is C9H12FNO2S. The molecule has 78 valence electrons. The Labute approximate surface area is 86.0 Å². The first-order valence-corrected chi connectivity index (χ1v) is 5.29. The summed E-state index contributed by atoms with van der Waals surface area (Å²) >= 11 is 1.44. The number of aliphatic hydroxyl groups is 2. The maximum absolute atomic E-state index is 13.3. The zero-order valence-electron chi connectivity index (χ0n) is 7.70. The SMILES string of the molecule is CSc1ccc(NC(O)CO)c(F)c1. The predicted molar refractivity (Wildman–Crippen MR) is 54.9 cm³/mol. The van der Waals surface area contributed by atoms with E-state index >= 15 is 0 Å². The number of anilines is 1. The van der Waals surface area contributed by atoms with Crippen molar-refractivity contribution in [3.63, 3.8) is 0 Å². The van der Waals surface area contributed by atoms with Gasteiger partial charge in [0.15, 0.2) is 0 Å². The van der Waals surface area contributed by atoms with Crippen LogP contribution in [-0.2, 0) is 0 Å². The van der Waals surface area contributed by atoms with Gasteiger partial charge < -0.3 is 15.5 Å². The van der Waals surface area contributed by atoms with Gasteiger partial charge in [0.1, 0.15) is 12.0 Å². The summed E-state index contributed by atoms with van der Waals surface area (Å²) in [6.45, 7) is -0.455. The van der Waals surface area contributed by atoms with Crippen molar-refractivity contribution in [2.24, 2.45) is 0 Å². The number of rotatable bonds is 4. The van der Waals surface area contributed by atoms with Gasteiger partial charge in [-0.05, 0) is 24.5 Å². The Kier molecular flexibility index (Phi) is 4.19. The van der Waals surface area contributed by atoms with E-state index in [0.29, 0.717) is 0 Å². The zero-order valence-corrected chi connectivity index (χ0v) is 8.51. The van der Waals surface area contributed by atoms with Crippen molar-refractivity contribution in [2.45, 2.75) is 11.1 Å². The average Bonchev–Trinajstić information content (AvgIpc) is 2.20. The second kappa shape index (κ2) is 5.19. The van der Waals surface area contributed by atoms with Gasteiger partial charge in [-0.2, -0.15) is 0 Å². The largest absolute Gasteiger partial charge is 0.392 e. The number of hydrogen-bond acceptors (Lipinski definition) is 4. The van der Waals surface area contributed by atoms with Gasteiger partial charge in [-0.25, -0.2) is 4.39 Å². The van der Waals surface area contributed by atoms with Crippen molar-refractivity contribution < 1.29 is 14.6 Å². The van der Waals surface area contributed by atoms with E-state index in [1.54, 1.807) is 6.07 Å². The van der Waals surface area contributed by atoms with Crippen molar-refractivity contribution in [2.75, 3.05) is 18.2 Å². The van der Waals surface area contributed by atoms with Crippen LogP contribution in [0.2, 0.25) is 0 Å². The van der Waals surface area contributed by atoms with Crippen molar-refractivity contribution in [1.82, 2.24) is 0 Å². The summed E-state index contributed by atoms with van der Waals surface area (Å²) < 4.78 is 13.3. The lowest BCUT2D eigenvalue weighted by Crippen LogP contribution is -2.23. The molecule has 0 saturated carbocycles. The van der Waals surface area contributed by atoms with Gasteiger partial charge in [-0.1, -0.05) is 0 Å². The minimum absolute atomic E-state index is 0.185. The van der Waals surface area contributed by atoms with Crippen LogP contribution in [0.15, 0.2) is 23.1 Å². The van der Waals surface area contributed by atoms with E-state index in [9.17, 15) is 4.39 Å². The molecule has 0 heterocycles. The molecule has 0 spiro atoms. The van der Waals surface area contributed by atoms with Crippen LogP contribution in [0.5, 0.6) is 0 Å². The quantitative estimate of drug-likeness (QED) is 0.525. The van der Waals surface area contributed by atoms with E-state index < -0.39 is 18.7 Å². The first kappa shape index (κ1) is 11.3. The fraction of sp³-hybridized carbons (Fsp3) is 0.333. The van der Waals surface area contributed by atoms with Crippen LogP contribution in [0.25, 0.3) is 0 Å². The van der Waals surface area contributed by atoms with Crippen molar-refractivity contribution in [1.29, 1.82) is 0 Å². The van der Waals surface area contributed by atoms with E-state index in [-0.39, 0.29) is 5.69 Å². The summed E-state index contributed by atoms with van der Waals surface area (Å²) in [6, 6.07) is 4.64. The van der Waals surface area contributed by atoms with Crippen LogP contribution in [-0.4, -0.2) is 29.3 Å². The molecule has 0 aromatic heterocycles. The molecule has 1 rings (SSSR count). The number of hydrogen-bond donors (Lipinski definition) is 3. The molecule has 0 aliphatic heterocycles. The zero-order chi connectivity index (χ0) is 10.6. The summed E-state index contributed by atoms with van der Waals surface area (Å²) in [5, 5.41) is 20.0. The normalized spacial score (nSPS) is 12.6. The van der Waals surface area contributed by atoms with E-state index in [0.717, 1.165) is 4.90 Å². The summed E-state index contributed by atoms with van der Waals surface area (Å²) in [5.74, 6) is -0.440. The van der Waals surface area contributed by atoms with Gasteiger partial charge in [-0.15, -0.1) is 11.8 Å². The molecular weight excluding hydrogens is 205 g/mol. The lowest BCUT2D eigenvalue weighted by molar-refractivity contribution is 0.116. The molecule has 1 atom stereocenters. The highest BCUT2D eigenvalue weighted by Crippen LogP contribution is 2.21. The minimum atomic E-state index is -1.13. The molecule has 1 aromatic carbocycles. The maximum Gasteiger partial charge on any atom is 0.147 e. The molecule has 0 saturated heterocycles. The van der Waals surface area contributed by atoms with E-state index in [2.05, 4.69) is 5.32 Å². The first-order valence-electron chi connectivity index (χ1n) is 4.06. The van der Waals surface area contributed by atoms with E-state index in [1.807, 2.05) is 6.26 Å². The highest BCUT2D eigenvalue weighted by molar-refractivity contribution is 7.98. The minimum Gasteiger partial charge on any atom is -0.392 e. The Morgan fingerprint density at radius 1 is 1.57 bits per heavy atom. The Morgan fingerprint density at radius 3 is 2.79 bits per heavy atom. The molecule has 0 fully saturated rings. The van der Waals surface area contributed by atoms with Gasteiger partial charge in [0.2, 0.25) is 0 Å². The Hall–Kier alpha value is -0.780. The second-order valence-corrected chi connectivity index (χ2v) is 3.57. The van der Waals surface area contributed by atoms with Crippen molar-refractivity contribution in [3.8, 4) is 0 Å². The monoisotopic (exact) mass is 217 g/mol. The van der Waals surface area contributed by atoms with Crippen LogP contribution in [0.1, 0.15) is 0 Å². The van der Waals surface area contributed by atoms with Crippen LogP contribution >= 0.6 is 11.8 Å². The molecule has 0 amide bonds. The molecule has 0 radical (unpaired) electrons. The molecule has 1 aromatic rings. The molecule has 3 nitrogen and oxygen atoms in total. The average molecular weight is 217 g/mol. The molecule has 14 heavy (non-hydrogen) atoms. The molecule has 5 heteroatoms. The smallest absolute Gasteiger partial charge is 0.147 e. The van der Waals surface area contributed by atoms with Crippen LogP contribution in [0, 0.1) is 5.82 Å². The fourth-order valence-corrected chi connectivity index (χ4v) is 1.39. The maximum atomic E-state index is 13.3. The molecule has 3 N–H and O–H groups in total. The van der Waals surface area contributed by atoms with Crippen LogP contribution in [0.4, 0.5) is 10.1 Å². The lowest BCUT2D eigenvalue weighted by atomic mass is 10.3. The number of thioether (sulfide) groups is 1. The Balaban J connectivity index is 2.78. The van der Waals surface area contributed by atoms with Crippen LogP contribution < -0.4 is 5.32 Å².